The highest BCUT2D eigenvalue weighted by Crippen LogP contribution is 2.28. The van der Waals surface area contributed by atoms with E-state index in [1.54, 1.807) is 19.4 Å². The third-order valence-electron chi connectivity index (χ3n) is 4.34. The molecule has 0 saturated carbocycles. The molecule has 0 atom stereocenters. The second-order valence-corrected chi connectivity index (χ2v) is 6.46. The molecule has 0 aliphatic carbocycles. The smallest absolute Gasteiger partial charge is 0.161 e. The summed E-state index contributed by atoms with van der Waals surface area (Å²) in [6.07, 6.45) is 1.60. The zero-order valence-electron chi connectivity index (χ0n) is 16.5. The van der Waals surface area contributed by atoms with Gasteiger partial charge in [0.25, 0.3) is 0 Å². The van der Waals surface area contributed by atoms with E-state index < -0.39 is 0 Å². The minimum atomic E-state index is 0.231. The SMILES string of the molecule is COc1cc(/C=N\OCc2ccccc2C#N)ccc1OCc1ccc(C)cc1. The lowest BCUT2D eigenvalue weighted by atomic mass is 10.1. The van der Waals surface area contributed by atoms with Crippen molar-refractivity contribution in [2.75, 3.05) is 7.11 Å². The number of ether oxygens (including phenoxy) is 2. The summed E-state index contributed by atoms with van der Waals surface area (Å²) >= 11 is 0. The van der Waals surface area contributed by atoms with Crippen molar-refractivity contribution in [3.8, 4) is 17.6 Å². The van der Waals surface area contributed by atoms with Crippen molar-refractivity contribution in [1.82, 2.24) is 0 Å². The lowest BCUT2D eigenvalue weighted by Crippen LogP contribution is -1.98. The fraction of sp³-hybridized carbons (Fsp3) is 0.167. The first-order valence-electron chi connectivity index (χ1n) is 9.19. The summed E-state index contributed by atoms with van der Waals surface area (Å²) in [4.78, 5) is 5.33. The van der Waals surface area contributed by atoms with Gasteiger partial charge in [-0.15, -0.1) is 0 Å². The minimum Gasteiger partial charge on any atom is -0.493 e. The van der Waals surface area contributed by atoms with Crippen LogP contribution < -0.4 is 9.47 Å². The molecule has 0 N–H and O–H groups in total. The molecule has 0 radical (unpaired) electrons. The van der Waals surface area contributed by atoms with Crippen LogP contribution >= 0.6 is 0 Å². The lowest BCUT2D eigenvalue weighted by Gasteiger charge is -2.11. The summed E-state index contributed by atoms with van der Waals surface area (Å²) in [6, 6.07) is 23.2. The molecule has 3 aromatic carbocycles. The molecule has 0 unspecified atom stereocenters. The van der Waals surface area contributed by atoms with Crippen LogP contribution in [0.3, 0.4) is 0 Å². The van der Waals surface area contributed by atoms with Crippen LogP contribution in [0.15, 0.2) is 71.9 Å². The third kappa shape index (κ3) is 5.60. The van der Waals surface area contributed by atoms with Crippen LogP contribution in [0.4, 0.5) is 0 Å². The Morgan fingerprint density at radius 3 is 2.52 bits per heavy atom. The van der Waals surface area contributed by atoms with Crippen LogP contribution in [0.5, 0.6) is 11.5 Å². The maximum atomic E-state index is 9.10. The average Bonchev–Trinajstić information content (AvgIpc) is 2.77. The van der Waals surface area contributed by atoms with E-state index in [2.05, 4.69) is 30.3 Å². The monoisotopic (exact) mass is 386 g/mol. The maximum Gasteiger partial charge on any atom is 0.161 e. The summed E-state index contributed by atoms with van der Waals surface area (Å²) in [6.45, 7) is 2.75. The normalized spacial score (nSPS) is 10.5. The van der Waals surface area contributed by atoms with Crippen molar-refractivity contribution in [1.29, 1.82) is 5.26 Å². The molecule has 5 nitrogen and oxygen atoms in total. The number of aryl methyl sites for hydroxylation is 1. The Morgan fingerprint density at radius 1 is 0.966 bits per heavy atom. The van der Waals surface area contributed by atoms with Crippen LogP contribution in [0.1, 0.15) is 27.8 Å². The van der Waals surface area contributed by atoms with E-state index in [9.17, 15) is 0 Å². The van der Waals surface area contributed by atoms with Crippen molar-refractivity contribution in [2.45, 2.75) is 20.1 Å². The van der Waals surface area contributed by atoms with E-state index in [0.717, 1.165) is 16.7 Å². The van der Waals surface area contributed by atoms with Crippen molar-refractivity contribution in [3.05, 3.63) is 94.5 Å². The molecular weight excluding hydrogens is 364 g/mol. The van der Waals surface area contributed by atoms with Crippen LogP contribution in [0.2, 0.25) is 0 Å². The van der Waals surface area contributed by atoms with Gasteiger partial charge in [0.05, 0.1) is 25.0 Å². The van der Waals surface area contributed by atoms with E-state index in [0.29, 0.717) is 23.7 Å². The van der Waals surface area contributed by atoms with Gasteiger partial charge in [0, 0.05) is 11.1 Å². The third-order valence-corrected chi connectivity index (χ3v) is 4.34. The van der Waals surface area contributed by atoms with Gasteiger partial charge in [-0.1, -0.05) is 53.2 Å². The molecule has 146 valence electrons. The number of nitriles is 1. The van der Waals surface area contributed by atoms with E-state index in [4.69, 9.17) is 19.6 Å². The Kier molecular flexibility index (Phi) is 6.85. The second-order valence-electron chi connectivity index (χ2n) is 6.46. The largest absolute Gasteiger partial charge is 0.493 e. The van der Waals surface area contributed by atoms with Gasteiger partial charge in [-0.3, -0.25) is 0 Å². The molecule has 5 heteroatoms. The van der Waals surface area contributed by atoms with E-state index in [-0.39, 0.29) is 6.61 Å². The van der Waals surface area contributed by atoms with Gasteiger partial charge < -0.3 is 14.3 Å². The van der Waals surface area contributed by atoms with Gasteiger partial charge >= 0.3 is 0 Å². The van der Waals surface area contributed by atoms with Gasteiger partial charge in [0.15, 0.2) is 11.5 Å². The Hall–Kier alpha value is -3.78. The first kappa shape index (κ1) is 20.0. The zero-order chi connectivity index (χ0) is 20.5. The summed E-state index contributed by atoms with van der Waals surface area (Å²) in [5, 5.41) is 13.1. The van der Waals surface area contributed by atoms with E-state index in [1.165, 1.54) is 5.56 Å². The first-order chi connectivity index (χ1) is 14.2. The molecule has 29 heavy (non-hydrogen) atoms. The number of hydrogen-bond donors (Lipinski definition) is 0. The fourth-order valence-electron chi connectivity index (χ4n) is 2.69. The number of benzene rings is 3. The minimum absolute atomic E-state index is 0.231. The highest BCUT2D eigenvalue weighted by molar-refractivity contribution is 5.80. The Morgan fingerprint density at radius 2 is 1.76 bits per heavy atom. The molecule has 0 saturated heterocycles. The Bertz CT molecular complexity index is 1020. The number of rotatable bonds is 8. The van der Waals surface area contributed by atoms with Crippen molar-refractivity contribution < 1.29 is 14.3 Å². The van der Waals surface area contributed by atoms with Crippen LogP contribution in [-0.2, 0) is 18.1 Å². The summed E-state index contributed by atoms with van der Waals surface area (Å²) in [5.74, 6) is 1.28. The Labute approximate surface area is 170 Å². The zero-order valence-corrected chi connectivity index (χ0v) is 16.5. The van der Waals surface area contributed by atoms with Gasteiger partial charge in [0.2, 0.25) is 0 Å². The maximum absolute atomic E-state index is 9.10. The highest BCUT2D eigenvalue weighted by atomic mass is 16.6. The molecular formula is C24H22N2O3. The van der Waals surface area contributed by atoms with Crippen molar-refractivity contribution in [3.63, 3.8) is 0 Å². The highest BCUT2D eigenvalue weighted by Gasteiger charge is 2.06. The second kappa shape index (κ2) is 9.95. The molecule has 0 heterocycles. The number of nitrogens with zero attached hydrogens (tertiary/aromatic N) is 2. The lowest BCUT2D eigenvalue weighted by molar-refractivity contribution is 0.132. The van der Waals surface area contributed by atoms with Crippen molar-refractivity contribution in [2.24, 2.45) is 5.16 Å². The van der Waals surface area contributed by atoms with Gasteiger partial charge in [-0.25, -0.2) is 0 Å². The predicted octanol–water partition coefficient (Wildman–Crippen LogP) is 5.01. The average molecular weight is 386 g/mol. The molecule has 0 fully saturated rings. The summed E-state index contributed by atoms with van der Waals surface area (Å²) in [5.41, 5.74) is 4.50. The van der Waals surface area contributed by atoms with E-state index >= 15 is 0 Å². The summed E-state index contributed by atoms with van der Waals surface area (Å²) in [7, 11) is 1.60. The van der Waals surface area contributed by atoms with Crippen LogP contribution in [0.25, 0.3) is 0 Å². The number of methoxy groups -OCH3 is 1. The molecule has 0 aliphatic rings. The fourth-order valence-corrected chi connectivity index (χ4v) is 2.69. The molecule has 0 aliphatic heterocycles. The van der Waals surface area contributed by atoms with Gasteiger partial charge in [-0.2, -0.15) is 5.26 Å². The van der Waals surface area contributed by atoms with Crippen LogP contribution in [-0.4, -0.2) is 13.3 Å². The number of hydrogen-bond acceptors (Lipinski definition) is 5. The number of oxime groups is 1. The molecule has 0 bridgehead atoms. The topological polar surface area (TPSA) is 63.8 Å². The van der Waals surface area contributed by atoms with Gasteiger partial charge in [-0.05, 0) is 36.8 Å². The molecule has 0 spiro atoms. The molecule has 3 aromatic rings. The quantitative estimate of drug-likeness (QED) is 0.403. The standard InChI is InChI=1S/C24H22N2O3/c1-18-7-9-19(10-8-18)16-28-23-12-11-20(13-24(23)27-2)15-26-29-17-22-6-4-3-5-21(22)14-25/h3-13,15H,16-17H2,1-2H3/b26-15-. The molecule has 0 aromatic heterocycles. The van der Waals surface area contributed by atoms with Crippen LogP contribution in [0, 0.1) is 18.3 Å². The molecule has 3 rings (SSSR count). The van der Waals surface area contributed by atoms with Gasteiger partial charge in [0.1, 0.15) is 13.2 Å². The van der Waals surface area contributed by atoms with E-state index in [1.807, 2.05) is 48.5 Å². The predicted molar refractivity (Wildman–Crippen MR) is 112 cm³/mol. The Balaban J connectivity index is 1.60. The van der Waals surface area contributed by atoms with Crippen molar-refractivity contribution >= 4 is 6.21 Å². The summed E-state index contributed by atoms with van der Waals surface area (Å²) < 4.78 is 11.3. The molecule has 0 amide bonds. The first-order valence-corrected chi connectivity index (χ1v) is 9.19.